The molecular weight excluding hydrogens is 246 g/mol. The van der Waals surface area contributed by atoms with Gasteiger partial charge in [0.2, 0.25) is 5.91 Å². The zero-order valence-corrected chi connectivity index (χ0v) is 12.4. The molecule has 1 unspecified atom stereocenters. The molecule has 0 aromatic heterocycles. The first-order chi connectivity index (χ1) is 9.70. The van der Waals surface area contributed by atoms with Crippen molar-refractivity contribution in [3.63, 3.8) is 0 Å². The van der Waals surface area contributed by atoms with Crippen LogP contribution in [0.2, 0.25) is 0 Å². The van der Waals surface area contributed by atoms with E-state index in [9.17, 15) is 4.79 Å². The fourth-order valence-electron chi connectivity index (χ4n) is 2.97. The molecule has 2 rings (SSSR count). The number of benzene rings is 1. The molecule has 1 N–H and O–H groups in total. The molecule has 2 heteroatoms. The number of rotatable bonds is 5. The van der Waals surface area contributed by atoms with Crippen LogP contribution in [-0.4, -0.2) is 5.91 Å². The van der Waals surface area contributed by atoms with Crippen LogP contribution in [0.5, 0.6) is 0 Å². The van der Waals surface area contributed by atoms with Crippen molar-refractivity contribution in [1.29, 1.82) is 0 Å². The molecule has 2 nitrogen and oxygen atoms in total. The predicted molar refractivity (Wildman–Crippen MR) is 84.1 cm³/mol. The van der Waals surface area contributed by atoms with E-state index in [1.165, 1.54) is 32.1 Å². The second-order valence-electron chi connectivity index (χ2n) is 5.85. The van der Waals surface area contributed by atoms with E-state index < -0.39 is 0 Å². The topological polar surface area (TPSA) is 29.1 Å². The summed E-state index contributed by atoms with van der Waals surface area (Å²) in [6.07, 6.45) is 8.15. The van der Waals surface area contributed by atoms with Crippen LogP contribution in [-0.2, 0) is 11.3 Å². The Kier molecular flexibility index (Phi) is 5.40. The molecule has 0 bridgehead atoms. The maximum Gasteiger partial charge on any atom is 0.223 e. The summed E-state index contributed by atoms with van der Waals surface area (Å²) in [4.78, 5) is 12.2. The van der Waals surface area contributed by atoms with Gasteiger partial charge in [0.05, 0.1) is 0 Å². The van der Waals surface area contributed by atoms with Gasteiger partial charge >= 0.3 is 0 Å². The van der Waals surface area contributed by atoms with Gasteiger partial charge in [-0.2, -0.15) is 0 Å². The molecule has 1 fully saturated rings. The van der Waals surface area contributed by atoms with Gasteiger partial charge in [-0.15, -0.1) is 0 Å². The Morgan fingerprint density at radius 1 is 1.30 bits per heavy atom. The zero-order valence-electron chi connectivity index (χ0n) is 12.4. The lowest BCUT2D eigenvalue weighted by atomic mass is 9.80. The number of amides is 1. The first-order valence-corrected chi connectivity index (χ1v) is 7.70. The van der Waals surface area contributed by atoms with E-state index in [4.69, 9.17) is 0 Å². The SMILES string of the molecule is C=Cc1ccc(CNC(=O)C(C)C2CCCCC2)cc1. The van der Waals surface area contributed by atoms with Crippen LogP contribution in [0.4, 0.5) is 0 Å². The van der Waals surface area contributed by atoms with E-state index in [2.05, 4.69) is 18.8 Å². The van der Waals surface area contributed by atoms with Crippen LogP contribution >= 0.6 is 0 Å². The minimum atomic E-state index is 0.141. The Labute approximate surface area is 122 Å². The molecule has 0 saturated heterocycles. The van der Waals surface area contributed by atoms with Crippen molar-refractivity contribution in [3.05, 3.63) is 42.0 Å². The highest BCUT2D eigenvalue weighted by atomic mass is 16.1. The van der Waals surface area contributed by atoms with Crippen molar-refractivity contribution in [1.82, 2.24) is 5.32 Å². The summed E-state index contributed by atoms with van der Waals surface area (Å²) in [7, 11) is 0. The quantitative estimate of drug-likeness (QED) is 0.856. The second-order valence-corrected chi connectivity index (χ2v) is 5.85. The highest BCUT2D eigenvalue weighted by Gasteiger charge is 2.25. The van der Waals surface area contributed by atoms with Gasteiger partial charge in [0.15, 0.2) is 0 Å². The Morgan fingerprint density at radius 3 is 2.55 bits per heavy atom. The van der Waals surface area contributed by atoms with Gasteiger partial charge in [0, 0.05) is 12.5 Å². The fourth-order valence-corrected chi connectivity index (χ4v) is 2.97. The molecule has 0 radical (unpaired) electrons. The van der Waals surface area contributed by atoms with Crippen LogP contribution in [0.15, 0.2) is 30.8 Å². The van der Waals surface area contributed by atoms with Gasteiger partial charge in [-0.1, -0.05) is 63.1 Å². The highest BCUT2D eigenvalue weighted by Crippen LogP contribution is 2.29. The van der Waals surface area contributed by atoms with Crippen molar-refractivity contribution in [2.45, 2.75) is 45.6 Å². The summed E-state index contributed by atoms with van der Waals surface area (Å²) < 4.78 is 0. The molecule has 1 saturated carbocycles. The van der Waals surface area contributed by atoms with Crippen LogP contribution in [0.25, 0.3) is 6.08 Å². The van der Waals surface area contributed by atoms with Crippen LogP contribution in [0.1, 0.15) is 50.2 Å². The standard InChI is InChI=1S/C18H25NO/c1-3-15-9-11-16(12-10-15)13-19-18(20)14(2)17-7-5-4-6-8-17/h3,9-12,14,17H,1,4-8,13H2,2H3,(H,19,20). The number of hydrogen-bond donors (Lipinski definition) is 1. The third-order valence-electron chi connectivity index (χ3n) is 4.45. The summed E-state index contributed by atoms with van der Waals surface area (Å²) in [5, 5.41) is 3.07. The average molecular weight is 271 g/mol. The average Bonchev–Trinajstić information content (AvgIpc) is 2.53. The van der Waals surface area contributed by atoms with Gasteiger partial charge < -0.3 is 5.32 Å². The lowest BCUT2D eigenvalue weighted by Crippen LogP contribution is -2.33. The number of carbonyl (C=O) groups excluding carboxylic acids is 1. The molecule has 108 valence electrons. The van der Waals surface area contributed by atoms with Gasteiger partial charge in [-0.05, 0) is 29.9 Å². The molecule has 1 aromatic carbocycles. The number of hydrogen-bond acceptors (Lipinski definition) is 1. The fraction of sp³-hybridized carbons (Fsp3) is 0.500. The number of carbonyl (C=O) groups is 1. The monoisotopic (exact) mass is 271 g/mol. The third-order valence-corrected chi connectivity index (χ3v) is 4.45. The Balaban J connectivity index is 1.82. The van der Waals surface area contributed by atoms with Gasteiger partial charge in [0.25, 0.3) is 0 Å². The second kappa shape index (κ2) is 7.28. The van der Waals surface area contributed by atoms with E-state index >= 15 is 0 Å². The van der Waals surface area contributed by atoms with Gasteiger partial charge in [-0.3, -0.25) is 4.79 Å². The lowest BCUT2D eigenvalue weighted by Gasteiger charge is -2.26. The summed E-state index contributed by atoms with van der Waals surface area (Å²) in [6.45, 7) is 6.43. The van der Waals surface area contributed by atoms with Crippen LogP contribution in [0.3, 0.4) is 0 Å². The number of nitrogens with one attached hydrogen (secondary N) is 1. The van der Waals surface area contributed by atoms with Crippen molar-refractivity contribution >= 4 is 12.0 Å². The van der Waals surface area contributed by atoms with Crippen molar-refractivity contribution < 1.29 is 4.79 Å². The summed E-state index contributed by atoms with van der Waals surface area (Å²) >= 11 is 0. The first kappa shape index (κ1) is 14.8. The Hall–Kier alpha value is -1.57. The minimum Gasteiger partial charge on any atom is -0.352 e. The lowest BCUT2D eigenvalue weighted by molar-refractivity contribution is -0.126. The molecule has 1 amide bonds. The van der Waals surface area contributed by atoms with Gasteiger partial charge in [-0.25, -0.2) is 0 Å². The minimum absolute atomic E-state index is 0.141. The third kappa shape index (κ3) is 3.96. The molecule has 0 spiro atoms. The Morgan fingerprint density at radius 2 is 1.95 bits per heavy atom. The van der Waals surface area contributed by atoms with E-state index in [-0.39, 0.29) is 11.8 Å². The largest absolute Gasteiger partial charge is 0.352 e. The van der Waals surface area contributed by atoms with E-state index in [1.54, 1.807) is 0 Å². The molecule has 20 heavy (non-hydrogen) atoms. The maximum absolute atomic E-state index is 12.2. The smallest absolute Gasteiger partial charge is 0.223 e. The van der Waals surface area contributed by atoms with Crippen molar-refractivity contribution in [2.24, 2.45) is 11.8 Å². The molecule has 1 aromatic rings. The highest BCUT2D eigenvalue weighted by molar-refractivity contribution is 5.78. The van der Waals surface area contributed by atoms with Crippen LogP contribution < -0.4 is 5.32 Å². The normalized spacial score (nSPS) is 17.4. The van der Waals surface area contributed by atoms with E-state index in [0.29, 0.717) is 12.5 Å². The molecular formula is C18H25NO. The Bertz CT molecular complexity index is 443. The van der Waals surface area contributed by atoms with Crippen LogP contribution in [0, 0.1) is 11.8 Å². The predicted octanol–water partition coefficient (Wildman–Crippen LogP) is 4.16. The molecule has 0 aliphatic heterocycles. The maximum atomic E-state index is 12.2. The first-order valence-electron chi connectivity index (χ1n) is 7.70. The summed E-state index contributed by atoms with van der Waals surface area (Å²) in [5.74, 6) is 0.916. The summed E-state index contributed by atoms with van der Waals surface area (Å²) in [5.41, 5.74) is 2.25. The van der Waals surface area contributed by atoms with Crippen molar-refractivity contribution in [3.8, 4) is 0 Å². The molecule has 1 aliphatic carbocycles. The van der Waals surface area contributed by atoms with E-state index in [0.717, 1.165) is 11.1 Å². The van der Waals surface area contributed by atoms with E-state index in [1.807, 2.05) is 30.3 Å². The van der Waals surface area contributed by atoms with Gasteiger partial charge in [0.1, 0.15) is 0 Å². The molecule has 1 aliphatic rings. The molecule has 0 heterocycles. The van der Waals surface area contributed by atoms with Crippen molar-refractivity contribution in [2.75, 3.05) is 0 Å². The summed E-state index contributed by atoms with van der Waals surface area (Å²) in [6, 6.07) is 8.14. The zero-order chi connectivity index (χ0) is 14.4. The molecule has 1 atom stereocenters.